The van der Waals surface area contributed by atoms with Gasteiger partial charge in [-0.3, -0.25) is 14.9 Å². The molecule has 116 valence electrons. The van der Waals surface area contributed by atoms with E-state index < -0.39 is 10.2 Å². The van der Waals surface area contributed by atoms with Gasteiger partial charge in [0.15, 0.2) is 0 Å². The van der Waals surface area contributed by atoms with Crippen molar-refractivity contribution in [1.29, 1.82) is 0 Å². The summed E-state index contributed by atoms with van der Waals surface area (Å²) in [5.41, 5.74) is 0.311. The van der Waals surface area contributed by atoms with Gasteiger partial charge in [0.2, 0.25) is 11.1 Å². The van der Waals surface area contributed by atoms with E-state index in [4.69, 9.17) is 0 Å². The summed E-state index contributed by atoms with van der Waals surface area (Å²) >= 11 is 1.24. The summed E-state index contributed by atoms with van der Waals surface area (Å²) in [6, 6.07) is 5.81. The Hall–Kier alpha value is -2.49. The quantitative estimate of drug-likeness (QED) is 0.488. The molecule has 0 saturated heterocycles. The van der Waals surface area contributed by atoms with Crippen molar-refractivity contribution in [1.82, 2.24) is 20.2 Å². The molecule has 1 heterocycles. The van der Waals surface area contributed by atoms with E-state index in [0.29, 0.717) is 17.3 Å². The SMILES string of the molecule is CC[C@@H](Sc1nnnn1C)C(=O)Nc1cccc([N+](=O)[O-])c1. The van der Waals surface area contributed by atoms with Crippen LogP contribution in [-0.4, -0.2) is 36.3 Å². The molecule has 0 radical (unpaired) electrons. The van der Waals surface area contributed by atoms with Crippen LogP contribution in [0.3, 0.4) is 0 Å². The monoisotopic (exact) mass is 322 g/mol. The van der Waals surface area contributed by atoms with E-state index in [2.05, 4.69) is 20.8 Å². The van der Waals surface area contributed by atoms with Gasteiger partial charge in [-0.1, -0.05) is 24.8 Å². The molecule has 0 saturated carbocycles. The molecule has 0 fully saturated rings. The lowest BCUT2D eigenvalue weighted by atomic mass is 10.2. The van der Waals surface area contributed by atoms with Gasteiger partial charge in [0, 0.05) is 24.9 Å². The molecule has 0 aliphatic rings. The highest BCUT2D eigenvalue weighted by atomic mass is 32.2. The van der Waals surface area contributed by atoms with E-state index in [-0.39, 0.29) is 11.6 Å². The molecule has 0 spiro atoms. The second-order valence-electron chi connectivity index (χ2n) is 4.40. The van der Waals surface area contributed by atoms with E-state index in [1.807, 2.05) is 6.92 Å². The molecule has 1 N–H and O–H groups in total. The van der Waals surface area contributed by atoms with E-state index in [9.17, 15) is 14.9 Å². The highest BCUT2D eigenvalue weighted by molar-refractivity contribution is 8.00. The second kappa shape index (κ2) is 6.98. The van der Waals surface area contributed by atoms with Crippen LogP contribution in [0.5, 0.6) is 0 Å². The molecular formula is C12H14N6O3S. The Morgan fingerprint density at radius 3 is 2.91 bits per heavy atom. The number of carbonyl (C=O) groups excluding carboxylic acids is 1. The van der Waals surface area contributed by atoms with Crippen LogP contribution in [0.4, 0.5) is 11.4 Å². The Balaban J connectivity index is 2.07. The first-order valence-electron chi connectivity index (χ1n) is 6.45. The molecule has 22 heavy (non-hydrogen) atoms. The normalized spacial score (nSPS) is 11.9. The zero-order valence-corrected chi connectivity index (χ0v) is 12.8. The van der Waals surface area contributed by atoms with Crippen LogP contribution in [-0.2, 0) is 11.8 Å². The van der Waals surface area contributed by atoms with Crippen LogP contribution >= 0.6 is 11.8 Å². The Bertz CT molecular complexity index is 689. The molecule has 10 heteroatoms. The first kappa shape index (κ1) is 15.9. The Kier molecular flexibility index (Phi) is 5.04. The fourth-order valence-electron chi connectivity index (χ4n) is 1.69. The van der Waals surface area contributed by atoms with Gasteiger partial charge >= 0.3 is 0 Å². The number of nitrogens with zero attached hydrogens (tertiary/aromatic N) is 5. The molecule has 1 atom stereocenters. The number of nitro groups is 1. The molecule has 2 rings (SSSR count). The second-order valence-corrected chi connectivity index (χ2v) is 5.57. The van der Waals surface area contributed by atoms with Crippen molar-refractivity contribution in [3.05, 3.63) is 34.4 Å². The van der Waals surface area contributed by atoms with E-state index in [1.54, 1.807) is 13.1 Å². The lowest BCUT2D eigenvalue weighted by molar-refractivity contribution is -0.384. The Morgan fingerprint density at radius 2 is 2.32 bits per heavy atom. The van der Waals surface area contributed by atoms with Crippen molar-refractivity contribution in [3.8, 4) is 0 Å². The fourth-order valence-corrected chi connectivity index (χ4v) is 2.55. The first-order valence-corrected chi connectivity index (χ1v) is 7.33. The average Bonchev–Trinajstić information content (AvgIpc) is 2.90. The number of nitro benzene ring substituents is 1. The lowest BCUT2D eigenvalue weighted by Gasteiger charge is -2.13. The number of amides is 1. The van der Waals surface area contributed by atoms with Crippen molar-refractivity contribution < 1.29 is 9.72 Å². The first-order chi connectivity index (χ1) is 10.5. The molecule has 2 aromatic rings. The lowest BCUT2D eigenvalue weighted by Crippen LogP contribution is -2.25. The molecule has 1 aromatic carbocycles. The maximum Gasteiger partial charge on any atom is 0.271 e. The third-order valence-corrected chi connectivity index (χ3v) is 4.21. The number of anilines is 1. The molecule has 0 unspecified atom stereocenters. The summed E-state index contributed by atoms with van der Waals surface area (Å²) in [6.45, 7) is 1.87. The summed E-state index contributed by atoms with van der Waals surface area (Å²) in [4.78, 5) is 22.5. The number of carbonyl (C=O) groups is 1. The molecule has 1 amide bonds. The van der Waals surface area contributed by atoms with Crippen LogP contribution in [0.25, 0.3) is 0 Å². The van der Waals surface area contributed by atoms with Crippen LogP contribution in [0.2, 0.25) is 0 Å². The van der Waals surface area contributed by atoms with Crippen LogP contribution in [0.1, 0.15) is 13.3 Å². The highest BCUT2D eigenvalue weighted by Gasteiger charge is 2.21. The minimum Gasteiger partial charge on any atom is -0.325 e. The van der Waals surface area contributed by atoms with Crippen LogP contribution in [0.15, 0.2) is 29.4 Å². The zero-order chi connectivity index (χ0) is 16.1. The number of tetrazole rings is 1. The van der Waals surface area contributed by atoms with Crippen LogP contribution in [0, 0.1) is 10.1 Å². The van der Waals surface area contributed by atoms with Crippen LogP contribution < -0.4 is 5.32 Å². The molecular weight excluding hydrogens is 308 g/mol. The number of hydrogen-bond acceptors (Lipinski definition) is 7. The van der Waals surface area contributed by atoms with Gasteiger partial charge in [0.25, 0.3) is 5.69 Å². The van der Waals surface area contributed by atoms with Crippen molar-refractivity contribution in [2.24, 2.45) is 7.05 Å². The Morgan fingerprint density at radius 1 is 1.55 bits per heavy atom. The summed E-state index contributed by atoms with van der Waals surface area (Å²) in [5, 5.41) is 24.6. The van der Waals surface area contributed by atoms with Gasteiger partial charge in [0.1, 0.15) is 0 Å². The van der Waals surface area contributed by atoms with Gasteiger partial charge in [-0.25, -0.2) is 4.68 Å². The van der Waals surface area contributed by atoms with Gasteiger partial charge in [-0.15, -0.1) is 5.10 Å². The number of nitrogens with one attached hydrogen (secondary N) is 1. The number of aryl methyl sites for hydroxylation is 1. The highest BCUT2D eigenvalue weighted by Crippen LogP contribution is 2.24. The van der Waals surface area contributed by atoms with Crippen molar-refractivity contribution in [2.75, 3.05) is 5.32 Å². The Labute approximate surface area is 130 Å². The summed E-state index contributed by atoms with van der Waals surface area (Å²) in [5.74, 6) is -0.254. The molecule has 0 aliphatic heterocycles. The number of thioether (sulfide) groups is 1. The van der Waals surface area contributed by atoms with Gasteiger partial charge < -0.3 is 5.32 Å². The fraction of sp³-hybridized carbons (Fsp3) is 0.333. The molecule has 1 aromatic heterocycles. The third-order valence-electron chi connectivity index (χ3n) is 2.82. The third kappa shape index (κ3) is 3.79. The topological polar surface area (TPSA) is 116 Å². The molecule has 9 nitrogen and oxygen atoms in total. The maximum atomic E-state index is 12.3. The number of aromatic nitrogens is 4. The maximum absolute atomic E-state index is 12.3. The van der Waals surface area contributed by atoms with Crippen molar-refractivity contribution in [3.63, 3.8) is 0 Å². The van der Waals surface area contributed by atoms with E-state index in [1.165, 1.54) is 34.6 Å². The van der Waals surface area contributed by atoms with Crippen molar-refractivity contribution >= 4 is 29.0 Å². The summed E-state index contributed by atoms with van der Waals surface area (Å²) in [7, 11) is 1.69. The summed E-state index contributed by atoms with van der Waals surface area (Å²) in [6.07, 6.45) is 0.568. The predicted octanol–water partition coefficient (Wildman–Crippen LogP) is 1.63. The largest absolute Gasteiger partial charge is 0.325 e. The molecule has 0 aliphatic carbocycles. The molecule has 0 bridgehead atoms. The van der Waals surface area contributed by atoms with E-state index in [0.717, 1.165) is 0 Å². The van der Waals surface area contributed by atoms with Gasteiger partial charge in [0.05, 0.1) is 10.2 Å². The predicted molar refractivity (Wildman–Crippen MR) is 80.5 cm³/mol. The van der Waals surface area contributed by atoms with Gasteiger partial charge in [-0.05, 0) is 22.9 Å². The minimum absolute atomic E-state index is 0.0731. The number of benzene rings is 1. The smallest absolute Gasteiger partial charge is 0.271 e. The minimum atomic E-state index is -0.507. The van der Waals surface area contributed by atoms with Gasteiger partial charge in [-0.2, -0.15) is 0 Å². The van der Waals surface area contributed by atoms with E-state index >= 15 is 0 Å². The number of non-ortho nitro benzene ring substituents is 1. The average molecular weight is 322 g/mol. The standard InChI is InChI=1S/C12H14N6O3S/c1-3-10(22-12-14-15-16-17(12)2)11(19)13-8-5-4-6-9(7-8)18(20)21/h4-7,10H,3H2,1-2H3,(H,13,19)/t10-/m1/s1. The van der Waals surface area contributed by atoms with Crippen molar-refractivity contribution in [2.45, 2.75) is 23.8 Å². The number of hydrogen-bond donors (Lipinski definition) is 1. The summed E-state index contributed by atoms with van der Waals surface area (Å²) < 4.78 is 1.48. The number of rotatable bonds is 6. The zero-order valence-electron chi connectivity index (χ0n) is 12.0.